The van der Waals surface area contributed by atoms with Crippen molar-refractivity contribution in [2.75, 3.05) is 11.5 Å². The van der Waals surface area contributed by atoms with E-state index in [1.165, 1.54) is 4.90 Å². The molecule has 1 aliphatic rings. The molecule has 1 heterocycles. The summed E-state index contributed by atoms with van der Waals surface area (Å²) in [6, 6.07) is 20.5. The van der Waals surface area contributed by atoms with Gasteiger partial charge in [-0.25, -0.2) is 0 Å². The third kappa shape index (κ3) is 4.44. The second kappa shape index (κ2) is 9.74. The Kier molecular flexibility index (Phi) is 6.75. The van der Waals surface area contributed by atoms with Gasteiger partial charge in [0.1, 0.15) is 11.5 Å². The lowest BCUT2D eigenvalue weighted by Crippen LogP contribution is -2.29. The number of nitrogens with zero attached hydrogens (tertiary/aromatic N) is 1. The van der Waals surface area contributed by atoms with E-state index in [1.54, 1.807) is 36.4 Å². The number of ketones is 1. The minimum atomic E-state index is -0.806. The Bertz CT molecular complexity index is 1250. The van der Waals surface area contributed by atoms with Crippen LogP contribution in [0.3, 0.4) is 0 Å². The highest BCUT2D eigenvalue weighted by atomic mass is 35.5. The molecule has 3 aromatic rings. The number of halogens is 1. The lowest BCUT2D eigenvalue weighted by atomic mass is 9.95. The first-order valence-electron chi connectivity index (χ1n) is 11.2. The molecule has 0 saturated carbocycles. The van der Waals surface area contributed by atoms with Crippen LogP contribution < -0.4 is 9.64 Å². The first-order valence-corrected chi connectivity index (χ1v) is 11.6. The first kappa shape index (κ1) is 23.6. The molecule has 4 rings (SSSR count). The predicted octanol–water partition coefficient (Wildman–Crippen LogP) is 6.49. The van der Waals surface area contributed by atoms with Gasteiger partial charge in [-0.1, -0.05) is 61.8 Å². The minimum Gasteiger partial charge on any atom is -0.507 e. The quantitative estimate of drug-likeness (QED) is 0.251. The Morgan fingerprint density at radius 2 is 1.71 bits per heavy atom. The molecule has 6 heteroatoms. The van der Waals surface area contributed by atoms with E-state index in [9.17, 15) is 14.7 Å². The van der Waals surface area contributed by atoms with Crippen molar-refractivity contribution < 1.29 is 19.4 Å². The minimum absolute atomic E-state index is 0.0179. The van der Waals surface area contributed by atoms with Crippen LogP contribution in [0.1, 0.15) is 49.4 Å². The molecule has 0 aliphatic carbocycles. The molecule has 5 nitrogen and oxygen atoms in total. The number of amides is 1. The normalized spacial score (nSPS) is 17.4. The molecule has 0 radical (unpaired) electrons. The number of carbonyl (C=O) groups excluding carboxylic acids is 2. The van der Waals surface area contributed by atoms with Gasteiger partial charge in [-0.2, -0.15) is 0 Å². The highest BCUT2D eigenvalue weighted by Gasteiger charge is 2.47. The molecular weight excluding hydrogens is 450 g/mol. The smallest absolute Gasteiger partial charge is 0.300 e. The monoisotopic (exact) mass is 475 g/mol. The fraction of sp³-hybridized carbons (Fsp3) is 0.214. The molecule has 1 atom stereocenters. The van der Waals surface area contributed by atoms with Crippen molar-refractivity contribution in [1.82, 2.24) is 0 Å². The third-order valence-electron chi connectivity index (χ3n) is 5.89. The summed E-state index contributed by atoms with van der Waals surface area (Å²) in [7, 11) is 0. The number of carbonyl (C=O) groups is 2. The van der Waals surface area contributed by atoms with Crippen LogP contribution in [0.4, 0.5) is 5.69 Å². The van der Waals surface area contributed by atoms with E-state index < -0.39 is 17.7 Å². The van der Waals surface area contributed by atoms with Crippen LogP contribution in [-0.2, 0) is 9.59 Å². The number of aliphatic hydroxyl groups is 1. The molecule has 34 heavy (non-hydrogen) atoms. The van der Waals surface area contributed by atoms with E-state index in [4.69, 9.17) is 16.3 Å². The van der Waals surface area contributed by atoms with Gasteiger partial charge < -0.3 is 9.84 Å². The standard InChI is InChI=1S/C28H26ClNO4/c1-4-34-23-14-10-19(11-15-23)25-24(26(31)20-6-5-7-21(29)16-20)27(32)28(33)30(25)22-12-8-18(9-13-22)17(2)3/h5-17,25,31H,4H2,1-3H3/b26-24-. The zero-order valence-corrected chi connectivity index (χ0v) is 20.0. The first-order chi connectivity index (χ1) is 16.3. The maximum Gasteiger partial charge on any atom is 0.300 e. The molecule has 0 spiro atoms. The fourth-order valence-corrected chi connectivity index (χ4v) is 4.33. The van der Waals surface area contributed by atoms with E-state index in [0.29, 0.717) is 40.1 Å². The summed E-state index contributed by atoms with van der Waals surface area (Å²) in [5.74, 6) is -0.696. The second-order valence-corrected chi connectivity index (χ2v) is 8.86. The van der Waals surface area contributed by atoms with Crippen molar-refractivity contribution in [2.24, 2.45) is 0 Å². The van der Waals surface area contributed by atoms with Crippen LogP contribution in [0.2, 0.25) is 5.02 Å². The van der Waals surface area contributed by atoms with Gasteiger partial charge >= 0.3 is 0 Å². The second-order valence-electron chi connectivity index (χ2n) is 8.43. The molecule has 1 amide bonds. The van der Waals surface area contributed by atoms with Crippen molar-refractivity contribution >= 4 is 34.7 Å². The van der Waals surface area contributed by atoms with Crippen molar-refractivity contribution in [2.45, 2.75) is 32.7 Å². The topological polar surface area (TPSA) is 66.8 Å². The number of hydrogen-bond acceptors (Lipinski definition) is 4. The van der Waals surface area contributed by atoms with Crippen molar-refractivity contribution in [3.05, 3.63) is 100 Å². The number of benzene rings is 3. The summed E-state index contributed by atoms with van der Waals surface area (Å²) in [6.07, 6.45) is 0. The molecule has 1 unspecified atom stereocenters. The van der Waals surface area contributed by atoms with Gasteiger partial charge in [0.05, 0.1) is 18.2 Å². The largest absolute Gasteiger partial charge is 0.507 e. The van der Waals surface area contributed by atoms with Crippen molar-refractivity contribution in [1.29, 1.82) is 0 Å². The number of anilines is 1. The van der Waals surface area contributed by atoms with Crippen molar-refractivity contribution in [3.63, 3.8) is 0 Å². The van der Waals surface area contributed by atoms with Gasteiger partial charge in [-0.3, -0.25) is 14.5 Å². The van der Waals surface area contributed by atoms with Crippen LogP contribution in [0.25, 0.3) is 5.76 Å². The summed E-state index contributed by atoms with van der Waals surface area (Å²) < 4.78 is 5.55. The van der Waals surface area contributed by atoms with Gasteiger partial charge in [0.15, 0.2) is 0 Å². The molecular formula is C28H26ClNO4. The van der Waals surface area contributed by atoms with Crippen LogP contribution in [0.15, 0.2) is 78.4 Å². The molecule has 3 aromatic carbocycles. The molecule has 174 valence electrons. The van der Waals surface area contributed by atoms with E-state index >= 15 is 0 Å². The zero-order valence-electron chi connectivity index (χ0n) is 19.3. The number of aliphatic hydroxyl groups excluding tert-OH is 1. The van der Waals surface area contributed by atoms with Crippen molar-refractivity contribution in [3.8, 4) is 5.75 Å². The SMILES string of the molecule is CCOc1ccc(C2/C(=C(/O)c3cccc(Cl)c3)C(=O)C(=O)N2c2ccc(C(C)C)cc2)cc1. The lowest BCUT2D eigenvalue weighted by molar-refractivity contribution is -0.132. The van der Waals surface area contributed by atoms with Crippen LogP contribution in [-0.4, -0.2) is 23.4 Å². The Morgan fingerprint density at radius 3 is 2.29 bits per heavy atom. The lowest BCUT2D eigenvalue weighted by Gasteiger charge is -2.26. The van der Waals surface area contributed by atoms with Gasteiger partial charge in [-0.05, 0) is 60.4 Å². The third-order valence-corrected chi connectivity index (χ3v) is 6.12. The van der Waals surface area contributed by atoms with Gasteiger partial charge in [0.25, 0.3) is 11.7 Å². The highest BCUT2D eigenvalue weighted by Crippen LogP contribution is 2.42. The summed E-state index contributed by atoms with van der Waals surface area (Å²) in [5.41, 5.74) is 2.77. The van der Waals surface area contributed by atoms with E-state index in [0.717, 1.165) is 5.56 Å². The predicted molar refractivity (Wildman–Crippen MR) is 134 cm³/mol. The van der Waals surface area contributed by atoms with Gasteiger partial charge in [0, 0.05) is 16.3 Å². The average molecular weight is 476 g/mol. The summed E-state index contributed by atoms with van der Waals surface area (Å²) >= 11 is 6.12. The average Bonchev–Trinajstić information content (AvgIpc) is 3.10. The Morgan fingerprint density at radius 1 is 1.03 bits per heavy atom. The molecule has 0 bridgehead atoms. The van der Waals surface area contributed by atoms with E-state index in [2.05, 4.69) is 13.8 Å². The van der Waals surface area contributed by atoms with Crippen LogP contribution >= 0.6 is 11.6 Å². The Labute approximate surface area is 204 Å². The maximum absolute atomic E-state index is 13.3. The number of hydrogen-bond donors (Lipinski definition) is 1. The maximum atomic E-state index is 13.3. The van der Waals surface area contributed by atoms with E-state index in [1.807, 2.05) is 43.3 Å². The number of rotatable bonds is 6. The molecule has 1 aliphatic heterocycles. The van der Waals surface area contributed by atoms with E-state index in [-0.39, 0.29) is 11.3 Å². The molecule has 1 N–H and O–H groups in total. The summed E-state index contributed by atoms with van der Waals surface area (Å²) in [5, 5.41) is 11.6. The van der Waals surface area contributed by atoms with Crippen LogP contribution in [0.5, 0.6) is 5.75 Å². The molecule has 1 fully saturated rings. The highest BCUT2D eigenvalue weighted by molar-refractivity contribution is 6.51. The zero-order chi connectivity index (χ0) is 24.4. The summed E-state index contributed by atoms with van der Waals surface area (Å²) in [4.78, 5) is 28.0. The Balaban J connectivity index is 1.89. The fourth-order valence-electron chi connectivity index (χ4n) is 4.14. The van der Waals surface area contributed by atoms with Gasteiger partial charge in [0.2, 0.25) is 0 Å². The summed E-state index contributed by atoms with van der Waals surface area (Å²) in [6.45, 7) is 6.60. The Hall–Kier alpha value is -3.57. The number of ether oxygens (including phenoxy) is 1. The van der Waals surface area contributed by atoms with Crippen LogP contribution in [0, 0.1) is 0 Å². The van der Waals surface area contributed by atoms with Gasteiger partial charge in [-0.15, -0.1) is 0 Å². The number of Topliss-reactive ketones (excluding diaryl/α,β-unsaturated/α-hetero) is 1. The molecule has 1 saturated heterocycles. The molecule has 0 aromatic heterocycles.